The lowest BCUT2D eigenvalue weighted by Crippen LogP contribution is -2.34. The summed E-state index contributed by atoms with van der Waals surface area (Å²) < 4.78 is 0. The molecule has 0 aliphatic carbocycles. The lowest BCUT2D eigenvalue weighted by Gasteiger charge is -2.05. The number of urea groups is 1. The number of carbonyl (C=O) groups is 2. The lowest BCUT2D eigenvalue weighted by atomic mass is 10.2. The van der Waals surface area contributed by atoms with Crippen LogP contribution >= 0.6 is 0 Å². The van der Waals surface area contributed by atoms with Gasteiger partial charge >= 0.3 is 12.0 Å². The van der Waals surface area contributed by atoms with Crippen molar-refractivity contribution < 1.29 is 14.7 Å². The van der Waals surface area contributed by atoms with Crippen LogP contribution in [-0.4, -0.2) is 23.7 Å². The molecule has 2 amide bonds. The van der Waals surface area contributed by atoms with Gasteiger partial charge in [-0.05, 0) is 5.92 Å². The molecule has 0 spiro atoms. The number of nitrogens with one attached hydrogen (secondary N) is 2. The Morgan fingerprint density at radius 1 is 1.46 bits per heavy atom. The van der Waals surface area contributed by atoms with Gasteiger partial charge in [0.1, 0.15) is 0 Å². The van der Waals surface area contributed by atoms with Gasteiger partial charge in [0.2, 0.25) is 0 Å². The first-order valence-electron chi connectivity index (χ1n) is 3.96. The molecule has 0 aliphatic rings. The van der Waals surface area contributed by atoms with Crippen molar-refractivity contribution in [1.29, 1.82) is 0 Å². The van der Waals surface area contributed by atoms with Crippen molar-refractivity contribution in [1.82, 2.24) is 10.6 Å². The quantitative estimate of drug-likeness (QED) is 0.561. The third-order valence-corrected chi connectivity index (χ3v) is 1.11. The van der Waals surface area contributed by atoms with Crippen molar-refractivity contribution in [3.63, 3.8) is 0 Å². The summed E-state index contributed by atoms with van der Waals surface area (Å²) in [7, 11) is 0. The molecule has 0 atom stereocenters. The molecule has 5 heteroatoms. The van der Waals surface area contributed by atoms with Gasteiger partial charge in [0.15, 0.2) is 0 Å². The predicted octanol–water partition coefficient (Wildman–Crippen LogP) is 0.540. The molecule has 0 aromatic heterocycles. The van der Waals surface area contributed by atoms with Crippen LogP contribution in [0.4, 0.5) is 4.79 Å². The average molecular weight is 186 g/mol. The molecule has 3 N–H and O–H groups in total. The molecule has 13 heavy (non-hydrogen) atoms. The molecule has 0 aliphatic heterocycles. The second-order valence-corrected chi connectivity index (χ2v) is 2.92. The van der Waals surface area contributed by atoms with Crippen LogP contribution in [0.15, 0.2) is 12.3 Å². The van der Waals surface area contributed by atoms with Gasteiger partial charge in [-0.1, -0.05) is 13.8 Å². The minimum Gasteiger partial charge on any atom is -0.478 e. The molecule has 0 aromatic rings. The maximum absolute atomic E-state index is 10.9. The Hall–Kier alpha value is -1.52. The first kappa shape index (κ1) is 11.5. The zero-order valence-corrected chi connectivity index (χ0v) is 7.70. The molecule has 0 rings (SSSR count). The highest BCUT2D eigenvalue weighted by molar-refractivity contribution is 5.81. The Bertz CT molecular complexity index is 211. The molecule has 0 fully saturated rings. The Balaban J connectivity index is 3.57. The van der Waals surface area contributed by atoms with Crippen LogP contribution in [0.25, 0.3) is 0 Å². The van der Waals surface area contributed by atoms with E-state index in [0.717, 1.165) is 12.3 Å². The average Bonchev–Trinajstić information content (AvgIpc) is 2.00. The molecule has 74 valence electrons. The number of rotatable bonds is 4. The first-order valence-corrected chi connectivity index (χ1v) is 3.96. The molecule has 0 saturated heterocycles. The molecule has 0 saturated carbocycles. The summed E-state index contributed by atoms with van der Waals surface area (Å²) in [6.45, 7) is 4.49. The van der Waals surface area contributed by atoms with Crippen LogP contribution in [0.2, 0.25) is 0 Å². The number of hydrogen-bond donors (Lipinski definition) is 3. The molecular weight excluding hydrogens is 172 g/mol. The van der Waals surface area contributed by atoms with Gasteiger partial charge < -0.3 is 15.7 Å². The fourth-order valence-corrected chi connectivity index (χ4v) is 0.536. The Kier molecular flexibility index (Phi) is 5.34. The molecular formula is C8H14N2O3. The molecule has 0 unspecified atom stereocenters. The summed E-state index contributed by atoms with van der Waals surface area (Å²) >= 11 is 0. The van der Waals surface area contributed by atoms with Crippen LogP contribution in [0.5, 0.6) is 0 Å². The number of aliphatic carboxylic acids is 1. The van der Waals surface area contributed by atoms with Gasteiger partial charge in [-0.25, -0.2) is 9.59 Å². The standard InChI is InChI=1S/C8H14N2O3/c1-6(2)5-10-8(13)9-4-3-7(11)12/h3-4,6H,5H2,1-2H3,(H,11,12)(H2,9,10,13)/b4-3+. The van der Waals surface area contributed by atoms with Gasteiger partial charge in [0.05, 0.1) is 0 Å². The third-order valence-electron chi connectivity index (χ3n) is 1.11. The fourth-order valence-electron chi connectivity index (χ4n) is 0.536. The summed E-state index contributed by atoms with van der Waals surface area (Å²) in [5.41, 5.74) is 0. The van der Waals surface area contributed by atoms with E-state index >= 15 is 0 Å². The van der Waals surface area contributed by atoms with Crippen molar-refractivity contribution in [3.8, 4) is 0 Å². The van der Waals surface area contributed by atoms with E-state index in [9.17, 15) is 9.59 Å². The highest BCUT2D eigenvalue weighted by Gasteiger charge is 1.98. The van der Waals surface area contributed by atoms with Gasteiger partial charge in [-0.15, -0.1) is 0 Å². The Morgan fingerprint density at radius 3 is 2.54 bits per heavy atom. The van der Waals surface area contributed by atoms with Crippen molar-refractivity contribution in [2.75, 3.05) is 6.54 Å². The van der Waals surface area contributed by atoms with Crippen molar-refractivity contribution in [2.24, 2.45) is 5.92 Å². The maximum Gasteiger partial charge on any atom is 0.329 e. The van der Waals surface area contributed by atoms with Crippen LogP contribution < -0.4 is 10.6 Å². The van der Waals surface area contributed by atoms with Crippen LogP contribution in [0.1, 0.15) is 13.8 Å². The van der Waals surface area contributed by atoms with Gasteiger partial charge in [0, 0.05) is 18.8 Å². The van der Waals surface area contributed by atoms with E-state index in [-0.39, 0.29) is 0 Å². The summed E-state index contributed by atoms with van der Waals surface area (Å²) in [6, 6.07) is -0.397. The second kappa shape index (κ2) is 6.05. The predicted molar refractivity (Wildman–Crippen MR) is 48.1 cm³/mol. The second-order valence-electron chi connectivity index (χ2n) is 2.92. The van der Waals surface area contributed by atoms with Crippen molar-refractivity contribution >= 4 is 12.0 Å². The van der Waals surface area contributed by atoms with Crippen LogP contribution in [-0.2, 0) is 4.79 Å². The van der Waals surface area contributed by atoms with E-state index in [1.54, 1.807) is 0 Å². The van der Waals surface area contributed by atoms with Crippen LogP contribution in [0, 0.1) is 5.92 Å². The number of hydrogen-bond acceptors (Lipinski definition) is 2. The van der Waals surface area contributed by atoms with E-state index in [1.807, 2.05) is 13.8 Å². The van der Waals surface area contributed by atoms with Crippen LogP contribution in [0.3, 0.4) is 0 Å². The van der Waals surface area contributed by atoms with E-state index in [2.05, 4.69) is 10.6 Å². The van der Waals surface area contributed by atoms with Crippen molar-refractivity contribution in [3.05, 3.63) is 12.3 Å². The van der Waals surface area contributed by atoms with E-state index in [0.29, 0.717) is 12.5 Å². The summed E-state index contributed by atoms with van der Waals surface area (Å²) in [4.78, 5) is 20.9. The van der Waals surface area contributed by atoms with Gasteiger partial charge in [-0.3, -0.25) is 0 Å². The zero-order valence-electron chi connectivity index (χ0n) is 7.70. The van der Waals surface area contributed by atoms with Gasteiger partial charge in [-0.2, -0.15) is 0 Å². The fraction of sp³-hybridized carbons (Fsp3) is 0.500. The molecule has 0 heterocycles. The Morgan fingerprint density at radius 2 is 2.08 bits per heavy atom. The minimum absolute atomic E-state index is 0.370. The normalized spacial score (nSPS) is 10.4. The van der Waals surface area contributed by atoms with E-state index in [4.69, 9.17) is 5.11 Å². The maximum atomic E-state index is 10.9. The molecule has 0 aromatic carbocycles. The SMILES string of the molecule is CC(C)CNC(=O)N/C=C/C(=O)O. The summed E-state index contributed by atoms with van der Waals surface area (Å²) in [5, 5.41) is 13.0. The van der Waals surface area contributed by atoms with E-state index in [1.165, 1.54) is 0 Å². The summed E-state index contributed by atoms with van der Waals surface area (Å²) in [5.74, 6) is -0.724. The molecule has 0 radical (unpaired) electrons. The number of amides is 2. The number of carboxylic acid groups (broad SMARTS) is 1. The monoisotopic (exact) mass is 186 g/mol. The van der Waals surface area contributed by atoms with E-state index < -0.39 is 12.0 Å². The summed E-state index contributed by atoms with van der Waals surface area (Å²) in [6.07, 6.45) is 1.94. The topological polar surface area (TPSA) is 78.4 Å². The minimum atomic E-state index is -1.09. The van der Waals surface area contributed by atoms with Crippen molar-refractivity contribution in [2.45, 2.75) is 13.8 Å². The Labute approximate surface area is 76.8 Å². The third kappa shape index (κ3) is 8.39. The number of carbonyl (C=O) groups excluding carboxylic acids is 1. The largest absolute Gasteiger partial charge is 0.478 e. The highest BCUT2D eigenvalue weighted by Crippen LogP contribution is 1.86. The first-order chi connectivity index (χ1) is 6.02. The smallest absolute Gasteiger partial charge is 0.329 e. The molecule has 5 nitrogen and oxygen atoms in total. The number of carboxylic acids is 1. The molecule has 0 bridgehead atoms. The van der Waals surface area contributed by atoms with Gasteiger partial charge in [0.25, 0.3) is 0 Å². The zero-order chi connectivity index (χ0) is 10.3. The highest BCUT2D eigenvalue weighted by atomic mass is 16.4. The lowest BCUT2D eigenvalue weighted by molar-refractivity contribution is -0.131.